The molecule has 0 radical (unpaired) electrons. The molecule has 0 spiro atoms. The van der Waals surface area contributed by atoms with Crippen molar-refractivity contribution in [2.45, 2.75) is 155 Å². The van der Waals surface area contributed by atoms with Crippen molar-refractivity contribution < 1.29 is 34.1 Å². The molecule has 2 N–H and O–H groups in total. The van der Waals surface area contributed by atoms with Crippen LogP contribution in [0.4, 0.5) is 0 Å². The molecule has 0 rings (SSSR count). The number of unbranched alkanes of at least 4 members (excludes halogenated alkanes) is 20. The summed E-state index contributed by atoms with van der Waals surface area (Å²) < 4.78 is 3.97. The van der Waals surface area contributed by atoms with Crippen LogP contribution < -0.4 is 0 Å². The van der Waals surface area contributed by atoms with Gasteiger partial charge in [0.1, 0.15) is 0 Å². The van der Waals surface area contributed by atoms with E-state index < -0.39 is 23.9 Å². The number of rotatable bonds is 26. The Balaban J connectivity index is -0.000000581. The lowest BCUT2D eigenvalue weighted by Gasteiger charge is -2.02. The molecular weight excluding hydrogens is 544 g/mol. The van der Waals surface area contributed by atoms with E-state index in [0.29, 0.717) is 24.3 Å². The molecule has 0 aromatic rings. The Hall–Kier alpha value is -2.96. The summed E-state index contributed by atoms with van der Waals surface area (Å²) in [7, 11) is 0. The molecule has 0 heterocycles. The van der Waals surface area contributed by atoms with Crippen molar-refractivity contribution in [3.8, 4) is 0 Å². The van der Waals surface area contributed by atoms with E-state index in [2.05, 4.69) is 31.7 Å². The quantitative estimate of drug-likeness (QED) is 0.0330. The first kappa shape index (κ1) is 44.5. The summed E-state index contributed by atoms with van der Waals surface area (Å²) in [5.74, 6) is -5.14. The van der Waals surface area contributed by atoms with Gasteiger partial charge >= 0.3 is 23.9 Å². The van der Waals surface area contributed by atoms with E-state index in [4.69, 9.17) is 10.2 Å². The van der Waals surface area contributed by atoms with Crippen molar-refractivity contribution in [2.24, 2.45) is 0 Å². The number of hydrogen-bond donors (Lipinski definition) is 2. The molecule has 0 atom stereocenters. The molecule has 0 aliphatic carbocycles. The molecule has 0 aliphatic heterocycles. The molecule has 0 saturated heterocycles. The van der Waals surface area contributed by atoms with Crippen LogP contribution >= 0.6 is 0 Å². The predicted octanol–water partition coefficient (Wildman–Crippen LogP) is 10.3. The summed E-state index contributed by atoms with van der Waals surface area (Å²) in [5, 5.41) is 16.2. The second kappa shape index (κ2) is 39.0. The maximum atomic E-state index is 10.6. The number of esters is 2. The molecule has 7 nitrogen and oxygen atoms in total. The molecule has 0 aromatic carbocycles. The second-order valence-electron chi connectivity index (χ2n) is 10.6. The summed E-state index contributed by atoms with van der Waals surface area (Å²) in [4.78, 5) is 41.1. The number of ether oxygens (including phenoxy) is 1. The van der Waals surface area contributed by atoms with E-state index in [1.165, 1.54) is 141 Å². The number of carboxylic acid groups (broad SMARTS) is 2. The standard InChI is InChI=1S/C18H36.C10H20.C8H6O7/c1-3-5-7-9-11-13-15-17-18-16-14-12-10-8-6-4-2;1-3-5-7-9-10-8-6-4-2;9-5(10)1-3-7(13)15-8(14)4-2-6(11)12/h3H,1,4-18H2,2H3;3H,1,4-10H2,2H3;1-4H,(H,9,10)(H,11,12)/b;;3-1-,4-2-. The molecule has 0 fully saturated rings. The van der Waals surface area contributed by atoms with Gasteiger partial charge in [-0.3, -0.25) is 0 Å². The molecule has 0 aromatic heterocycles. The molecule has 0 saturated carbocycles. The number of carbonyl (C=O) groups is 4. The molecule has 0 bridgehead atoms. The van der Waals surface area contributed by atoms with Crippen molar-refractivity contribution in [3.05, 3.63) is 49.6 Å². The van der Waals surface area contributed by atoms with Crippen LogP contribution in [0.1, 0.15) is 155 Å². The summed E-state index contributed by atoms with van der Waals surface area (Å²) in [6, 6.07) is 0. The van der Waals surface area contributed by atoms with Crippen LogP contribution in [0.3, 0.4) is 0 Å². The number of aliphatic carboxylic acids is 2. The lowest BCUT2D eigenvalue weighted by molar-refractivity contribution is -0.153. The number of allylic oxidation sites excluding steroid dienone is 2. The average molecular weight is 607 g/mol. The second-order valence-corrected chi connectivity index (χ2v) is 10.6. The van der Waals surface area contributed by atoms with Crippen molar-refractivity contribution in [1.29, 1.82) is 0 Å². The number of carbonyl (C=O) groups excluding carboxylic acids is 2. The maximum absolute atomic E-state index is 10.6. The van der Waals surface area contributed by atoms with Crippen LogP contribution in [0.25, 0.3) is 0 Å². The highest BCUT2D eigenvalue weighted by molar-refractivity contribution is 6.00. The lowest BCUT2D eigenvalue weighted by Crippen LogP contribution is -2.08. The highest BCUT2D eigenvalue weighted by Gasteiger charge is 2.04. The molecule has 0 amide bonds. The van der Waals surface area contributed by atoms with Crippen LogP contribution in [0.2, 0.25) is 0 Å². The van der Waals surface area contributed by atoms with Gasteiger partial charge < -0.3 is 14.9 Å². The lowest BCUT2D eigenvalue weighted by atomic mass is 10.0. The first-order valence-electron chi connectivity index (χ1n) is 16.5. The Labute approximate surface area is 262 Å². The van der Waals surface area contributed by atoms with E-state index in [9.17, 15) is 19.2 Å². The van der Waals surface area contributed by atoms with Gasteiger partial charge in [0, 0.05) is 24.3 Å². The first-order chi connectivity index (χ1) is 20.7. The minimum Gasteiger partial charge on any atom is -0.478 e. The smallest absolute Gasteiger partial charge is 0.338 e. The van der Waals surface area contributed by atoms with Crippen molar-refractivity contribution in [3.63, 3.8) is 0 Å². The highest BCUT2D eigenvalue weighted by Crippen LogP contribution is 2.13. The van der Waals surface area contributed by atoms with E-state index in [1.807, 2.05) is 12.2 Å². The average Bonchev–Trinajstić information content (AvgIpc) is 2.98. The third-order valence-corrected chi connectivity index (χ3v) is 6.45. The monoisotopic (exact) mass is 606 g/mol. The SMILES string of the molecule is C=CCCCCCCCC.C=CCCCCCCCCCCCCCCCC.O=C(O)/C=C\C(=O)OC(=O)/C=C\C(=O)O. The fourth-order valence-electron chi connectivity index (χ4n) is 4.00. The first-order valence-corrected chi connectivity index (χ1v) is 16.5. The zero-order valence-electron chi connectivity index (χ0n) is 27.4. The summed E-state index contributed by atoms with van der Waals surface area (Å²) in [6.07, 6.45) is 37.0. The van der Waals surface area contributed by atoms with Crippen molar-refractivity contribution >= 4 is 23.9 Å². The largest absolute Gasteiger partial charge is 0.478 e. The zero-order valence-corrected chi connectivity index (χ0v) is 27.4. The summed E-state index contributed by atoms with van der Waals surface area (Å²) in [6.45, 7) is 12.0. The Morgan fingerprint density at radius 2 is 0.721 bits per heavy atom. The van der Waals surface area contributed by atoms with Gasteiger partial charge in [0.25, 0.3) is 0 Å². The molecule has 7 heteroatoms. The number of carboxylic acids is 2. The van der Waals surface area contributed by atoms with Crippen molar-refractivity contribution in [1.82, 2.24) is 0 Å². The fraction of sp³-hybridized carbons (Fsp3) is 0.667. The van der Waals surface area contributed by atoms with E-state index >= 15 is 0 Å². The molecule has 0 aliphatic rings. The van der Waals surface area contributed by atoms with Crippen molar-refractivity contribution in [2.75, 3.05) is 0 Å². The fourth-order valence-corrected chi connectivity index (χ4v) is 4.00. The van der Waals surface area contributed by atoms with Gasteiger partial charge in [0.15, 0.2) is 0 Å². The molecule has 43 heavy (non-hydrogen) atoms. The predicted molar refractivity (Wildman–Crippen MR) is 178 cm³/mol. The van der Waals surface area contributed by atoms with Crippen LogP contribution in [0.5, 0.6) is 0 Å². The normalized spacial score (nSPS) is 10.4. The van der Waals surface area contributed by atoms with Gasteiger partial charge in [-0.1, -0.05) is 142 Å². The minimum atomic E-state index is -1.37. The van der Waals surface area contributed by atoms with E-state index in [0.717, 1.165) is 0 Å². The van der Waals surface area contributed by atoms with Gasteiger partial charge in [-0.05, 0) is 25.7 Å². The van der Waals surface area contributed by atoms with Gasteiger partial charge in [-0.2, -0.15) is 0 Å². The Bertz CT molecular complexity index is 719. The molecular formula is C36H62O7. The molecule has 0 unspecified atom stereocenters. The van der Waals surface area contributed by atoms with Crippen LogP contribution in [0, 0.1) is 0 Å². The third-order valence-electron chi connectivity index (χ3n) is 6.45. The van der Waals surface area contributed by atoms with Gasteiger partial charge in [-0.25, -0.2) is 19.2 Å². The van der Waals surface area contributed by atoms with E-state index in [-0.39, 0.29) is 0 Å². The van der Waals surface area contributed by atoms with Crippen LogP contribution in [-0.4, -0.2) is 34.1 Å². The summed E-state index contributed by atoms with van der Waals surface area (Å²) >= 11 is 0. The Kier molecular flexibility index (Phi) is 40.4. The maximum Gasteiger partial charge on any atom is 0.338 e. The molecule has 248 valence electrons. The Morgan fingerprint density at radius 1 is 0.465 bits per heavy atom. The third kappa shape index (κ3) is 49.1. The highest BCUT2D eigenvalue weighted by atomic mass is 16.6. The minimum absolute atomic E-state index is 0.483. The zero-order chi connectivity index (χ0) is 32.8. The van der Waals surface area contributed by atoms with Gasteiger partial charge in [0.05, 0.1) is 0 Å². The summed E-state index contributed by atoms with van der Waals surface area (Å²) in [5.41, 5.74) is 0. The van der Waals surface area contributed by atoms with Crippen LogP contribution in [0.15, 0.2) is 49.6 Å². The number of hydrogen-bond acceptors (Lipinski definition) is 5. The Morgan fingerprint density at radius 3 is 0.953 bits per heavy atom. The van der Waals surface area contributed by atoms with E-state index in [1.54, 1.807) is 0 Å². The topological polar surface area (TPSA) is 118 Å². The van der Waals surface area contributed by atoms with Gasteiger partial charge in [0.2, 0.25) is 0 Å². The van der Waals surface area contributed by atoms with Crippen LogP contribution in [-0.2, 0) is 23.9 Å². The van der Waals surface area contributed by atoms with Gasteiger partial charge in [-0.15, -0.1) is 13.2 Å².